The number of nitrogens with zero attached hydrogens (tertiary/aromatic N) is 1. The third-order valence-electron chi connectivity index (χ3n) is 2.79. The molecule has 0 unspecified atom stereocenters. The molecule has 0 bridgehead atoms. The van der Waals surface area contributed by atoms with Gasteiger partial charge in [-0.2, -0.15) is 0 Å². The molecule has 0 aliphatic heterocycles. The van der Waals surface area contributed by atoms with E-state index < -0.39 is 0 Å². The Morgan fingerprint density at radius 1 is 1.24 bits per heavy atom. The first-order valence-electron chi connectivity index (χ1n) is 6.21. The molecule has 0 spiro atoms. The normalized spacial score (nSPS) is 11.3. The van der Waals surface area contributed by atoms with Crippen LogP contribution in [0.4, 0.5) is 5.69 Å². The van der Waals surface area contributed by atoms with Gasteiger partial charge in [0.15, 0.2) is 0 Å². The van der Waals surface area contributed by atoms with Crippen LogP contribution in [0.3, 0.4) is 0 Å². The molecule has 96 valence electrons. The maximum atomic E-state index is 6.21. The number of halogens is 1. The Morgan fingerprint density at radius 2 is 1.88 bits per heavy atom. The van der Waals surface area contributed by atoms with Crippen molar-refractivity contribution in [3.05, 3.63) is 28.8 Å². The van der Waals surface area contributed by atoms with Crippen LogP contribution in [0.1, 0.15) is 33.3 Å². The molecule has 0 aliphatic rings. The van der Waals surface area contributed by atoms with Gasteiger partial charge in [0.25, 0.3) is 0 Å². The quantitative estimate of drug-likeness (QED) is 0.869. The highest BCUT2D eigenvalue weighted by atomic mass is 35.5. The molecule has 1 aromatic rings. The Kier molecular flexibility index (Phi) is 5.29. The lowest BCUT2D eigenvalue weighted by atomic mass is 10.1. The van der Waals surface area contributed by atoms with Crippen LogP contribution in [0.15, 0.2) is 18.2 Å². The van der Waals surface area contributed by atoms with E-state index in [2.05, 4.69) is 38.7 Å². The lowest BCUT2D eigenvalue weighted by Crippen LogP contribution is -2.35. The molecule has 0 saturated heterocycles. The van der Waals surface area contributed by atoms with Crippen LogP contribution in [0.25, 0.3) is 0 Å². The van der Waals surface area contributed by atoms with E-state index in [9.17, 15) is 0 Å². The van der Waals surface area contributed by atoms with Crippen molar-refractivity contribution in [3.63, 3.8) is 0 Å². The first-order chi connectivity index (χ1) is 7.97. The highest BCUT2D eigenvalue weighted by molar-refractivity contribution is 6.31. The van der Waals surface area contributed by atoms with Gasteiger partial charge in [0.05, 0.1) is 0 Å². The Labute approximate surface area is 110 Å². The molecule has 0 aliphatic carbocycles. The van der Waals surface area contributed by atoms with Crippen LogP contribution in [-0.4, -0.2) is 12.6 Å². The Balaban J connectivity index is 3.13. The zero-order valence-electron chi connectivity index (χ0n) is 11.2. The molecule has 1 rings (SSSR count). The van der Waals surface area contributed by atoms with Crippen LogP contribution in [0.2, 0.25) is 5.02 Å². The van der Waals surface area contributed by atoms with E-state index in [1.807, 2.05) is 12.1 Å². The summed E-state index contributed by atoms with van der Waals surface area (Å²) < 4.78 is 0. The fraction of sp³-hybridized carbons (Fsp3) is 0.571. The van der Waals surface area contributed by atoms with Crippen LogP contribution in [-0.2, 0) is 6.54 Å². The molecule has 0 amide bonds. The summed E-state index contributed by atoms with van der Waals surface area (Å²) in [6.07, 6.45) is 0. The molecule has 0 aromatic heterocycles. The van der Waals surface area contributed by atoms with Crippen LogP contribution < -0.4 is 10.6 Å². The summed E-state index contributed by atoms with van der Waals surface area (Å²) in [6, 6.07) is 6.45. The van der Waals surface area contributed by atoms with Crippen molar-refractivity contribution in [2.24, 2.45) is 11.7 Å². The lowest BCUT2D eigenvalue weighted by Gasteiger charge is -2.32. The molecule has 0 atom stereocenters. The monoisotopic (exact) mass is 254 g/mol. The molecular formula is C14H23ClN2. The minimum atomic E-state index is 0.446. The molecule has 1 aromatic carbocycles. The van der Waals surface area contributed by atoms with Gasteiger partial charge in [-0.1, -0.05) is 31.5 Å². The van der Waals surface area contributed by atoms with Crippen molar-refractivity contribution in [3.8, 4) is 0 Å². The van der Waals surface area contributed by atoms with Gasteiger partial charge in [0.2, 0.25) is 0 Å². The smallest absolute Gasteiger partial charge is 0.0471 e. The van der Waals surface area contributed by atoms with Crippen molar-refractivity contribution in [2.75, 3.05) is 11.4 Å². The van der Waals surface area contributed by atoms with Gasteiger partial charge in [0, 0.05) is 35.4 Å². The van der Waals surface area contributed by atoms with Crippen molar-refractivity contribution < 1.29 is 0 Å². The van der Waals surface area contributed by atoms with Crippen molar-refractivity contribution in [1.82, 2.24) is 0 Å². The highest BCUT2D eigenvalue weighted by Crippen LogP contribution is 2.29. The number of hydrogen-bond donors (Lipinski definition) is 1. The Bertz CT molecular complexity index is 361. The number of anilines is 1. The summed E-state index contributed by atoms with van der Waals surface area (Å²) in [5.74, 6) is 0.613. The van der Waals surface area contributed by atoms with Crippen molar-refractivity contribution in [2.45, 2.75) is 40.3 Å². The third-order valence-corrected chi connectivity index (χ3v) is 3.15. The van der Waals surface area contributed by atoms with Crippen LogP contribution in [0.5, 0.6) is 0 Å². The molecule has 2 nitrogen and oxygen atoms in total. The van der Waals surface area contributed by atoms with E-state index >= 15 is 0 Å². The first kappa shape index (κ1) is 14.3. The fourth-order valence-electron chi connectivity index (χ4n) is 2.00. The van der Waals surface area contributed by atoms with Crippen molar-refractivity contribution >= 4 is 17.3 Å². The van der Waals surface area contributed by atoms with E-state index in [4.69, 9.17) is 17.3 Å². The lowest BCUT2D eigenvalue weighted by molar-refractivity contribution is 0.569. The van der Waals surface area contributed by atoms with Gasteiger partial charge in [-0.3, -0.25) is 0 Å². The zero-order chi connectivity index (χ0) is 13.0. The number of benzene rings is 1. The summed E-state index contributed by atoms with van der Waals surface area (Å²) in [5, 5.41) is 0.763. The second kappa shape index (κ2) is 6.27. The summed E-state index contributed by atoms with van der Waals surface area (Å²) in [5.41, 5.74) is 8.02. The average Bonchev–Trinajstić information content (AvgIpc) is 2.25. The van der Waals surface area contributed by atoms with Gasteiger partial charge in [-0.05, 0) is 31.9 Å². The molecule has 0 fully saturated rings. The predicted molar refractivity (Wildman–Crippen MR) is 76.7 cm³/mol. The van der Waals surface area contributed by atoms with Gasteiger partial charge < -0.3 is 10.6 Å². The zero-order valence-corrected chi connectivity index (χ0v) is 12.0. The Morgan fingerprint density at radius 3 is 2.35 bits per heavy atom. The summed E-state index contributed by atoms with van der Waals surface area (Å²) >= 11 is 6.21. The minimum Gasteiger partial charge on any atom is -0.369 e. The van der Waals surface area contributed by atoms with Crippen LogP contribution >= 0.6 is 11.6 Å². The van der Waals surface area contributed by atoms with E-state index in [0.717, 1.165) is 17.1 Å². The number of hydrogen-bond acceptors (Lipinski definition) is 2. The van der Waals surface area contributed by atoms with E-state index in [1.54, 1.807) is 0 Å². The number of nitrogens with two attached hydrogens (primary N) is 1. The molecule has 0 radical (unpaired) electrons. The maximum Gasteiger partial charge on any atom is 0.0471 e. The second-order valence-corrected chi connectivity index (χ2v) is 5.49. The molecule has 0 heterocycles. The van der Waals surface area contributed by atoms with Crippen LogP contribution in [0, 0.1) is 5.92 Å². The van der Waals surface area contributed by atoms with Crippen molar-refractivity contribution in [1.29, 1.82) is 0 Å². The van der Waals surface area contributed by atoms with E-state index in [1.165, 1.54) is 5.69 Å². The van der Waals surface area contributed by atoms with E-state index in [0.29, 0.717) is 18.5 Å². The van der Waals surface area contributed by atoms with Gasteiger partial charge in [0.1, 0.15) is 0 Å². The molecule has 3 heteroatoms. The molecule has 2 N–H and O–H groups in total. The summed E-state index contributed by atoms with van der Waals surface area (Å²) in [7, 11) is 0. The second-order valence-electron chi connectivity index (χ2n) is 5.08. The topological polar surface area (TPSA) is 29.3 Å². The largest absolute Gasteiger partial charge is 0.369 e. The molecular weight excluding hydrogens is 232 g/mol. The predicted octanol–water partition coefficient (Wildman–Crippen LogP) is 3.67. The number of rotatable bonds is 5. The third kappa shape index (κ3) is 3.62. The van der Waals surface area contributed by atoms with Gasteiger partial charge >= 0.3 is 0 Å². The summed E-state index contributed by atoms with van der Waals surface area (Å²) in [4.78, 5) is 2.37. The van der Waals surface area contributed by atoms with Gasteiger partial charge in [-0.15, -0.1) is 0 Å². The van der Waals surface area contributed by atoms with Gasteiger partial charge in [-0.25, -0.2) is 0 Å². The maximum absolute atomic E-state index is 6.21. The standard InChI is InChI=1S/C14H23ClN2/c1-10(2)9-17(11(3)4)14-7-5-6-13(15)12(14)8-16/h5-7,10-11H,8-9,16H2,1-4H3. The minimum absolute atomic E-state index is 0.446. The average molecular weight is 255 g/mol. The SMILES string of the molecule is CC(C)CN(c1cccc(Cl)c1CN)C(C)C. The fourth-order valence-corrected chi connectivity index (χ4v) is 2.25. The summed E-state index contributed by atoms with van der Waals surface area (Å²) in [6.45, 7) is 10.3. The molecule has 17 heavy (non-hydrogen) atoms. The van der Waals surface area contributed by atoms with E-state index in [-0.39, 0.29) is 0 Å². The Hall–Kier alpha value is -0.730. The first-order valence-corrected chi connectivity index (χ1v) is 6.59. The highest BCUT2D eigenvalue weighted by Gasteiger charge is 2.16. The molecule has 0 saturated carbocycles.